The van der Waals surface area contributed by atoms with Crippen LogP contribution in [0.5, 0.6) is 0 Å². The molecule has 0 aromatic heterocycles. The maximum Gasteiger partial charge on any atom is 0.262 e. The van der Waals surface area contributed by atoms with Gasteiger partial charge in [0.15, 0.2) is 0 Å². The van der Waals surface area contributed by atoms with Crippen molar-refractivity contribution in [1.29, 1.82) is 0 Å². The molecule has 3 N–H and O–H groups in total. The van der Waals surface area contributed by atoms with E-state index in [4.69, 9.17) is 0 Å². The fraction of sp³-hybridized carbons (Fsp3) is 0.400. The Morgan fingerprint density at radius 3 is 2.53 bits per heavy atom. The minimum Gasteiger partial charge on any atom is -0.340 e. The van der Waals surface area contributed by atoms with Gasteiger partial charge in [0.2, 0.25) is 5.91 Å². The summed E-state index contributed by atoms with van der Waals surface area (Å²) in [6.07, 6.45) is 4.13. The summed E-state index contributed by atoms with van der Waals surface area (Å²) in [6, 6.07) is 14.0. The first-order chi connectivity index (χ1) is 16.3. The average Bonchev–Trinajstić information content (AvgIpc) is 3.10. The smallest absolute Gasteiger partial charge is 0.262 e. The van der Waals surface area contributed by atoms with E-state index in [-0.39, 0.29) is 16.7 Å². The highest BCUT2D eigenvalue weighted by Crippen LogP contribution is 2.18. The van der Waals surface area contributed by atoms with Crippen LogP contribution >= 0.6 is 0 Å². The normalized spacial score (nSPS) is 15.9. The Morgan fingerprint density at radius 1 is 1.03 bits per heavy atom. The van der Waals surface area contributed by atoms with Gasteiger partial charge in [0.05, 0.1) is 4.90 Å². The van der Waals surface area contributed by atoms with Crippen LogP contribution in [0, 0.1) is 5.92 Å². The maximum absolute atomic E-state index is 13.1. The molecule has 0 fully saturated rings. The average molecular weight is 485 g/mol. The molecule has 9 heteroatoms. The van der Waals surface area contributed by atoms with Gasteiger partial charge in [-0.15, -0.1) is 0 Å². The number of nitrogens with zero attached hydrogens (tertiary/aromatic N) is 1. The van der Waals surface area contributed by atoms with E-state index in [2.05, 4.69) is 20.3 Å². The predicted octanol–water partition coefficient (Wildman–Crippen LogP) is 3.72. The molecule has 2 aromatic carbocycles. The summed E-state index contributed by atoms with van der Waals surface area (Å²) in [5, 5.41) is 5.58. The summed E-state index contributed by atoms with van der Waals surface area (Å²) in [5.74, 6) is -0.415. The highest BCUT2D eigenvalue weighted by molar-refractivity contribution is 7.90. The van der Waals surface area contributed by atoms with Crippen LogP contribution in [0.25, 0.3) is 0 Å². The lowest BCUT2D eigenvalue weighted by atomic mass is 9.97. The molecule has 1 aliphatic heterocycles. The zero-order valence-electron chi connectivity index (χ0n) is 19.6. The summed E-state index contributed by atoms with van der Waals surface area (Å²) in [6.45, 7) is 4.43. The van der Waals surface area contributed by atoms with Gasteiger partial charge in [-0.2, -0.15) is 0 Å². The van der Waals surface area contributed by atoms with Gasteiger partial charge in [-0.1, -0.05) is 51.0 Å². The van der Waals surface area contributed by atoms with E-state index in [1.165, 1.54) is 12.1 Å². The lowest BCUT2D eigenvalue weighted by Crippen LogP contribution is -2.47. The third-order valence-corrected chi connectivity index (χ3v) is 7.24. The molecular formula is C25H32N4O4S. The molecule has 0 aliphatic carbocycles. The maximum atomic E-state index is 13.1. The number of aliphatic imine (C=N–C) groups is 1. The highest BCUT2D eigenvalue weighted by Gasteiger charge is 2.27. The van der Waals surface area contributed by atoms with Gasteiger partial charge in [0, 0.05) is 24.2 Å². The number of rotatable bonds is 8. The Kier molecular flexibility index (Phi) is 8.81. The Hall–Kier alpha value is -3.20. The fourth-order valence-electron chi connectivity index (χ4n) is 3.65. The van der Waals surface area contributed by atoms with Crippen LogP contribution in [0.2, 0.25) is 0 Å². The largest absolute Gasteiger partial charge is 0.340 e. The van der Waals surface area contributed by atoms with Gasteiger partial charge in [0.1, 0.15) is 11.9 Å². The number of amidine groups is 1. The summed E-state index contributed by atoms with van der Waals surface area (Å²) < 4.78 is 28.3. The molecule has 0 bridgehead atoms. The molecule has 34 heavy (non-hydrogen) atoms. The number of nitrogens with one attached hydrogen (secondary N) is 3. The Bertz CT molecular complexity index is 1130. The first kappa shape index (κ1) is 25.4. The second kappa shape index (κ2) is 11.8. The van der Waals surface area contributed by atoms with Crippen molar-refractivity contribution in [3.05, 3.63) is 60.2 Å². The number of carbonyl (C=O) groups excluding carboxylic acids is 2. The van der Waals surface area contributed by atoms with Crippen LogP contribution in [0.3, 0.4) is 0 Å². The van der Waals surface area contributed by atoms with Gasteiger partial charge >= 0.3 is 0 Å². The molecule has 2 amide bonds. The monoisotopic (exact) mass is 484 g/mol. The topological polar surface area (TPSA) is 117 Å². The zero-order valence-corrected chi connectivity index (χ0v) is 20.4. The van der Waals surface area contributed by atoms with Crippen molar-refractivity contribution in [2.45, 2.75) is 56.9 Å². The van der Waals surface area contributed by atoms with Crippen LogP contribution < -0.4 is 15.4 Å². The quantitative estimate of drug-likeness (QED) is 0.529. The van der Waals surface area contributed by atoms with Crippen LogP contribution in [0.1, 0.15) is 56.3 Å². The first-order valence-corrected chi connectivity index (χ1v) is 13.1. The molecule has 3 rings (SSSR count). The zero-order chi connectivity index (χ0) is 24.6. The number of amides is 2. The van der Waals surface area contributed by atoms with Crippen molar-refractivity contribution in [1.82, 2.24) is 10.0 Å². The molecule has 2 atom stereocenters. The third kappa shape index (κ3) is 6.90. The SMILES string of the molecule is CCC(C)C(NC(=O)c1ccccc1)C(=O)Nc1cccc(S(=O)(=O)NC2=NCCCCC2)c1. The molecule has 0 saturated carbocycles. The fourth-order valence-corrected chi connectivity index (χ4v) is 4.78. The highest BCUT2D eigenvalue weighted by atomic mass is 32.2. The van der Waals surface area contributed by atoms with Crippen molar-refractivity contribution in [3.8, 4) is 0 Å². The molecule has 182 valence electrons. The molecule has 1 aliphatic rings. The lowest BCUT2D eigenvalue weighted by molar-refractivity contribution is -0.119. The van der Waals surface area contributed by atoms with E-state index in [1.807, 2.05) is 19.9 Å². The molecule has 2 aromatic rings. The number of carbonyl (C=O) groups is 2. The Morgan fingerprint density at radius 2 is 1.79 bits per heavy atom. The van der Waals surface area contributed by atoms with E-state index in [0.29, 0.717) is 36.5 Å². The predicted molar refractivity (Wildman–Crippen MR) is 133 cm³/mol. The van der Waals surface area contributed by atoms with Gasteiger partial charge in [-0.05, 0) is 49.1 Å². The van der Waals surface area contributed by atoms with Crippen molar-refractivity contribution in [3.63, 3.8) is 0 Å². The van der Waals surface area contributed by atoms with Crippen LogP contribution in [0.15, 0.2) is 64.5 Å². The van der Waals surface area contributed by atoms with E-state index < -0.39 is 22.0 Å². The molecule has 2 unspecified atom stereocenters. The van der Waals surface area contributed by atoms with Crippen molar-refractivity contribution < 1.29 is 18.0 Å². The number of hydrogen-bond acceptors (Lipinski definition) is 5. The van der Waals surface area contributed by atoms with Crippen LogP contribution in [-0.4, -0.2) is 38.7 Å². The lowest BCUT2D eigenvalue weighted by Gasteiger charge is -2.23. The summed E-state index contributed by atoms with van der Waals surface area (Å²) in [5.41, 5.74) is 0.794. The Balaban J connectivity index is 1.74. The van der Waals surface area contributed by atoms with Gasteiger partial charge < -0.3 is 10.6 Å². The van der Waals surface area contributed by atoms with Crippen LogP contribution in [-0.2, 0) is 14.8 Å². The molecule has 8 nitrogen and oxygen atoms in total. The minimum atomic E-state index is -3.83. The van der Waals surface area contributed by atoms with E-state index in [0.717, 1.165) is 19.3 Å². The first-order valence-electron chi connectivity index (χ1n) is 11.6. The second-order valence-electron chi connectivity index (χ2n) is 8.46. The van der Waals surface area contributed by atoms with Crippen LogP contribution in [0.4, 0.5) is 5.69 Å². The minimum absolute atomic E-state index is 0.0330. The molecule has 0 saturated heterocycles. The van der Waals surface area contributed by atoms with Gasteiger partial charge in [0.25, 0.3) is 15.9 Å². The standard InChI is InChI=1S/C25H32N4O4S/c1-3-18(2)23(28-24(30)19-11-6-4-7-12-19)25(31)27-20-13-10-14-21(17-20)34(32,33)29-22-15-8-5-9-16-26-22/h4,6-7,10-14,17-18,23H,3,5,8-9,15-16H2,1-2H3,(H,26,29)(H,27,31)(H,28,30). The number of benzene rings is 2. The number of anilines is 1. The third-order valence-electron chi connectivity index (χ3n) is 5.86. The molecule has 1 heterocycles. The van der Waals surface area contributed by atoms with Crippen molar-refractivity contribution >= 4 is 33.4 Å². The summed E-state index contributed by atoms with van der Waals surface area (Å²) in [4.78, 5) is 30.1. The Labute approximate surface area is 201 Å². The van der Waals surface area contributed by atoms with Crippen molar-refractivity contribution in [2.75, 3.05) is 11.9 Å². The molecule has 0 spiro atoms. The van der Waals surface area contributed by atoms with E-state index in [1.54, 1.807) is 36.4 Å². The number of hydrogen-bond donors (Lipinski definition) is 3. The van der Waals surface area contributed by atoms with E-state index in [9.17, 15) is 18.0 Å². The summed E-state index contributed by atoms with van der Waals surface area (Å²) in [7, 11) is -3.83. The van der Waals surface area contributed by atoms with Crippen molar-refractivity contribution in [2.24, 2.45) is 10.9 Å². The van der Waals surface area contributed by atoms with E-state index >= 15 is 0 Å². The second-order valence-corrected chi connectivity index (χ2v) is 10.1. The molecular weight excluding hydrogens is 452 g/mol. The molecule has 0 radical (unpaired) electrons. The summed E-state index contributed by atoms with van der Waals surface area (Å²) >= 11 is 0. The van der Waals surface area contributed by atoms with Gasteiger partial charge in [-0.25, -0.2) is 8.42 Å². The number of sulfonamides is 1. The van der Waals surface area contributed by atoms with Gasteiger partial charge in [-0.3, -0.25) is 19.3 Å².